The highest BCUT2D eigenvalue weighted by atomic mass is 32.1. The average molecular weight is 597 g/mol. The second-order valence-electron chi connectivity index (χ2n) is 9.39. The fourth-order valence-electron chi connectivity index (χ4n) is 4.37. The number of thiophene rings is 4. The van der Waals surface area contributed by atoms with Gasteiger partial charge in [-0.1, -0.05) is 26.7 Å². The van der Waals surface area contributed by atoms with E-state index < -0.39 is 0 Å². The first kappa shape index (κ1) is 27.6. The fraction of sp³-hybridized carbons (Fsp3) is 0.310. The Kier molecular flexibility index (Phi) is 8.27. The molecular formula is C29H28N2O4S4. The van der Waals surface area contributed by atoms with Crippen molar-refractivity contribution in [1.29, 1.82) is 0 Å². The number of unbranched alkanes of at least 4 members (excludes halogenated alkanes) is 2. The molecule has 3 amide bonds. The number of hydrogen-bond acceptors (Lipinski definition) is 8. The van der Waals surface area contributed by atoms with Crippen LogP contribution in [0, 0.1) is 0 Å². The van der Waals surface area contributed by atoms with Crippen LogP contribution in [0.1, 0.15) is 79.6 Å². The molecule has 10 heteroatoms. The van der Waals surface area contributed by atoms with E-state index in [2.05, 4.69) is 19.1 Å². The molecule has 0 radical (unpaired) electrons. The van der Waals surface area contributed by atoms with Crippen LogP contribution < -0.4 is 0 Å². The molecule has 4 aromatic heterocycles. The minimum absolute atomic E-state index is 0.116. The monoisotopic (exact) mass is 596 g/mol. The topological polar surface area (TPSA) is 74.8 Å². The number of rotatable bonds is 11. The molecule has 39 heavy (non-hydrogen) atoms. The van der Waals surface area contributed by atoms with Crippen molar-refractivity contribution in [3.63, 3.8) is 0 Å². The third kappa shape index (κ3) is 5.30. The molecule has 0 atom stereocenters. The number of carbonyl (C=O) groups is 4. The van der Waals surface area contributed by atoms with E-state index in [0.717, 1.165) is 61.2 Å². The van der Waals surface area contributed by atoms with E-state index in [-0.39, 0.29) is 17.7 Å². The van der Waals surface area contributed by atoms with Crippen LogP contribution >= 0.6 is 45.3 Å². The minimum atomic E-state index is -0.189. The van der Waals surface area contributed by atoms with Crippen LogP contribution in [-0.2, 0) is 0 Å². The zero-order valence-electron chi connectivity index (χ0n) is 21.9. The Morgan fingerprint density at radius 2 is 1.41 bits per heavy atom. The normalized spacial score (nSPS) is 12.8. The summed E-state index contributed by atoms with van der Waals surface area (Å²) in [7, 11) is 1.78. The molecule has 0 saturated carbocycles. The standard InChI is InChI=1S/C29H28N2O4S4/c1-4-6-12-30(3)28(34)25-17(16-32)14-23(38-25)21-10-8-19(36-21)20-9-11-22(37-20)24-15-18-26(39-24)29(35)31(27(18)33)13-7-5-2/h8-11,14-16H,4-7,12-13H2,1-3H3. The van der Waals surface area contributed by atoms with Crippen LogP contribution in [0.3, 0.4) is 0 Å². The van der Waals surface area contributed by atoms with Crippen LogP contribution in [-0.4, -0.2) is 53.9 Å². The lowest BCUT2D eigenvalue weighted by Crippen LogP contribution is -2.30. The van der Waals surface area contributed by atoms with Crippen molar-refractivity contribution < 1.29 is 19.2 Å². The molecule has 0 fully saturated rings. The number of aldehydes is 1. The van der Waals surface area contributed by atoms with Gasteiger partial charge in [0, 0.05) is 55.0 Å². The molecule has 202 valence electrons. The van der Waals surface area contributed by atoms with Gasteiger partial charge in [0.05, 0.1) is 5.56 Å². The lowest BCUT2D eigenvalue weighted by atomic mass is 10.2. The van der Waals surface area contributed by atoms with E-state index in [0.29, 0.717) is 34.0 Å². The Balaban J connectivity index is 1.35. The number of nitrogens with zero attached hydrogens (tertiary/aromatic N) is 2. The molecule has 0 aromatic carbocycles. The van der Waals surface area contributed by atoms with Crippen molar-refractivity contribution in [2.75, 3.05) is 20.1 Å². The Bertz CT molecular complexity index is 1520. The second-order valence-corrected chi connectivity index (χ2v) is 13.7. The van der Waals surface area contributed by atoms with Gasteiger partial charge in [0.15, 0.2) is 6.29 Å². The maximum absolute atomic E-state index is 12.9. The highest BCUT2D eigenvalue weighted by Gasteiger charge is 2.37. The quantitative estimate of drug-likeness (QED) is 0.130. The summed E-state index contributed by atoms with van der Waals surface area (Å²) in [5.41, 5.74) is 0.943. The molecular weight excluding hydrogens is 569 g/mol. The van der Waals surface area contributed by atoms with Gasteiger partial charge in [0.25, 0.3) is 17.7 Å². The summed E-state index contributed by atoms with van der Waals surface area (Å²) in [6.07, 6.45) is 4.42. The van der Waals surface area contributed by atoms with Crippen LogP contribution in [0.15, 0.2) is 36.4 Å². The molecule has 6 nitrogen and oxygen atoms in total. The molecule has 5 heterocycles. The molecule has 0 N–H and O–H groups in total. The van der Waals surface area contributed by atoms with E-state index in [1.807, 2.05) is 25.1 Å². The first-order chi connectivity index (χ1) is 18.9. The molecule has 0 bridgehead atoms. The van der Waals surface area contributed by atoms with E-state index in [1.165, 1.54) is 27.6 Å². The zero-order chi connectivity index (χ0) is 27.7. The van der Waals surface area contributed by atoms with Crippen molar-refractivity contribution in [2.45, 2.75) is 39.5 Å². The molecule has 0 spiro atoms. The van der Waals surface area contributed by atoms with Gasteiger partial charge in [-0.15, -0.1) is 45.3 Å². The predicted octanol–water partition coefficient (Wildman–Crippen LogP) is 8.01. The van der Waals surface area contributed by atoms with Crippen LogP contribution in [0.5, 0.6) is 0 Å². The van der Waals surface area contributed by atoms with Gasteiger partial charge < -0.3 is 4.90 Å². The van der Waals surface area contributed by atoms with Crippen LogP contribution in [0.25, 0.3) is 29.3 Å². The predicted molar refractivity (Wildman–Crippen MR) is 162 cm³/mol. The summed E-state index contributed by atoms with van der Waals surface area (Å²) in [6, 6.07) is 11.8. The Morgan fingerprint density at radius 3 is 1.97 bits per heavy atom. The first-order valence-corrected chi connectivity index (χ1v) is 16.2. The molecule has 0 unspecified atom stereocenters. The summed E-state index contributed by atoms with van der Waals surface area (Å²) in [5.74, 6) is -0.486. The lowest BCUT2D eigenvalue weighted by molar-refractivity contribution is 0.0652. The van der Waals surface area contributed by atoms with E-state index in [1.54, 1.807) is 40.7 Å². The minimum Gasteiger partial charge on any atom is -0.341 e. The Labute approximate surface area is 243 Å². The van der Waals surface area contributed by atoms with Gasteiger partial charge in [-0.25, -0.2) is 0 Å². The largest absolute Gasteiger partial charge is 0.341 e. The first-order valence-electron chi connectivity index (χ1n) is 12.9. The third-order valence-corrected chi connectivity index (χ3v) is 11.6. The molecule has 4 aromatic rings. The average Bonchev–Trinajstić information content (AvgIpc) is 3.75. The van der Waals surface area contributed by atoms with Gasteiger partial charge in [0.1, 0.15) is 9.75 Å². The van der Waals surface area contributed by atoms with Gasteiger partial charge in [0.2, 0.25) is 0 Å². The number of imide groups is 1. The van der Waals surface area contributed by atoms with Gasteiger partial charge in [-0.05, 0) is 49.2 Å². The molecule has 1 aliphatic rings. The maximum atomic E-state index is 12.9. The van der Waals surface area contributed by atoms with Crippen LogP contribution in [0.2, 0.25) is 0 Å². The van der Waals surface area contributed by atoms with Crippen molar-refractivity contribution in [3.05, 3.63) is 57.3 Å². The second kappa shape index (κ2) is 11.7. The highest BCUT2D eigenvalue weighted by molar-refractivity contribution is 7.29. The van der Waals surface area contributed by atoms with Crippen LogP contribution in [0.4, 0.5) is 0 Å². The summed E-state index contributed by atoms with van der Waals surface area (Å²) >= 11 is 5.98. The third-order valence-electron chi connectivity index (χ3n) is 6.60. The fourth-order valence-corrected chi connectivity index (χ4v) is 8.85. The number of amides is 3. The summed E-state index contributed by atoms with van der Waals surface area (Å²) in [6.45, 7) is 5.26. The van der Waals surface area contributed by atoms with E-state index in [4.69, 9.17) is 0 Å². The Morgan fingerprint density at radius 1 is 0.821 bits per heavy atom. The summed E-state index contributed by atoms with van der Waals surface area (Å²) in [5, 5.41) is 0. The molecule has 1 aliphatic heterocycles. The van der Waals surface area contributed by atoms with Gasteiger partial charge >= 0.3 is 0 Å². The smallest absolute Gasteiger partial charge is 0.271 e. The summed E-state index contributed by atoms with van der Waals surface area (Å²) in [4.78, 5) is 60.3. The maximum Gasteiger partial charge on any atom is 0.271 e. The summed E-state index contributed by atoms with van der Waals surface area (Å²) < 4.78 is 0. The van der Waals surface area contributed by atoms with Crippen molar-refractivity contribution >= 4 is 69.4 Å². The van der Waals surface area contributed by atoms with Gasteiger partial charge in [-0.2, -0.15) is 0 Å². The molecule has 0 aliphatic carbocycles. The number of hydrogen-bond donors (Lipinski definition) is 0. The number of carbonyl (C=O) groups excluding carboxylic acids is 4. The highest BCUT2D eigenvalue weighted by Crippen LogP contribution is 2.45. The number of fused-ring (bicyclic) bond motifs is 1. The molecule has 5 rings (SSSR count). The lowest BCUT2D eigenvalue weighted by Gasteiger charge is -2.15. The zero-order valence-corrected chi connectivity index (χ0v) is 25.2. The van der Waals surface area contributed by atoms with E-state index >= 15 is 0 Å². The SMILES string of the molecule is CCCCN(C)C(=O)c1sc(-c2ccc(-c3ccc(-c4cc5c(s4)C(=O)N(CCCC)C5=O)s3)s2)cc1C=O. The molecule has 0 saturated heterocycles. The van der Waals surface area contributed by atoms with Crippen molar-refractivity contribution in [1.82, 2.24) is 9.80 Å². The van der Waals surface area contributed by atoms with E-state index in [9.17, 15) is 19.2 Å². The van der Waals surface area contributed by atoms with Crippen molar-refractivity contribution in [2.24, 2.45) is 0 Å². The van der Waals surface area contributed by atoms with Gasteiger partial charge in [-0.3, -0.25) is 24.1 Å². The van der Waals surface area contributed by atoms with Crippen molar-refractivity contribution in [3.8, 4) is 29.3 Å². The Hall–Kier alpha value is -2.92.